The Labute approximate surface area is 80.1 Å². The van der Waals surface area contributed by atoms with Crippen molar-refractivity contribution in [3.63, 3.8) is 0 Å². The van der Waals surface area contributed by atoms with Gasteiger partial charge in [-0.25, -0.2) is 0 Å². The monoisotopic (exact) mass is 210 g/mol. The Morgan fingerprint density at radius 3 is 1.92 bits per heavy atom. The van der Waals surface area contributed by atoms with Crippen molar-refractivity contribution in [2.24, 2.45) is 0 Å². The highest BCUT2D eigenvalue weighted by Crippen LogP contribution is 2.47. The Bertz CT molecular complexity index is 150. The molecule has 0 N–H and O–H groups in total. The third-order valence-corrected chi connectivity index (χ3v) is 3.40. The molecule has 5 heteroatoms. The van der Waals surface area contributed by atoms with Gasteiger partial charge in [-0.3, -0.25) is 4.57 Å². The summed E-state index contributed by atoms with van der Waals surface area (Å²) < 4.78 is 27.0. The third kappa shape index (κ3) is 6.22. The lowest BCUT2D eigenvalue weighted by Gasteiger charge is -2.16. The Morgan fingerprint density at radius 2 is 1.54 bits per heavy atom. The molecule has 4 nitrogen and oxygen atoms in total. The Morgan fingerprint density at radius 1 is 1.00 bits per heavy atom. The predicted octanol–water partition coefficient (Wildman–Crippen LogP) is 2.29. The van der Waals surface area contributed by atoms with Crippen molar-refractivity contribution in [2.75, 3.05) is 32.6 Å². The van der Waals surface area contributed by atoms with Gasteiger partial charge < -0.3 is 13.8 Å². The summed E-state index contributed by atoms with van der Waals surface area (Å²) in [6, 6.07) is 0. The van der Waals surface area contributed by atoms with Crippen LogP contribution >= 0.6 is 7.60 Å². The van der Waals surface area contributed by atoms with Gasteiger partial charge in [0.2, 0.25) is 0 Å². The quantitative estimate of drug-likeness (QED) is 0.455. The van der Waals surface area contributed by atoms with E-state index in [0.29, 0.717) is 32.6 Å². The highest BCUT2D eigenvalue weighted by molar-refractivity contribution is 7.53. The summed E-state index contributed by atoms with van der Waals surface area (Å²) in [6.45, 7) is 7.35. The van der Waals surface area contributed by atoms with Crippen molar-refractivity contribution in [2.45, 2.75) is 20.8 Å². The molecule has 13 heavy (non-hydrogen) atoms. The van der Waals surface area contributed by atoms with Crippen LogP contribution in [-0.2, 0) is 18.3 Å². The van der Waals surface area contributed by atoms with Crippen molar-refractivity contribution >= 4 is 7.60 Å². The molecule has 0 rings (SSSR count). The molecule has 0 saturated carbocycles. The highest BCUT2D eigenvalue weighted by Gasteiger charge is 2.22. The topological polar surface area (TPSA) is 44.8 Å². The SMILES string of the molecule is CCOCCP(=O)(OCC)OCC. The van der Waals surface area contributed by atoms with Gasteiger partial charge >= 0.3 is 7.60 Å². The maximum atomic E-state index is 11.8. The van der Waals surface area contributed by atoms with E-state index >= 15 is 0 Å². The third-order valence-electron chi connectivity index (χ3n) is 1.37. The predicted molar refractivity (Wildman–Crippen MR) is 52.2 cm³/mol. The van der Waals surface area contributed by atoms with E-state index in [1.54, 1.807) is 13.8 Å². The molecule has 0 saturated heterocycles. The standard InChI is InChI=1S/C8H19O4P/c1-4-10-7-8-13(9,11-5-2)12-6-3/h4-8H2,1-3H3. The first kappa shape index (κ1) is 13.1. The summed E-state index contributed by atoms with van der Waals surface area (Å²) in [7, 11) is -2.87. The number of hydrogen-bond acceptors (Lipinski definition) is 4. The van der Waals surface area contributed by atoms with Crippen LogP contribution in [0.15, 0.2) is 0 Å². The molecule has 0 aliphatic heterocycles. The molecule has 0 aromatic heterocycles. The lowest BCUT2D eigenvalue weighted by molar-refractivity contribution is 0.151. The molecule has 0 amide bonds. The maximum absolute atomic E-state index is 11.8. The lowest BCUT2D eigenvalue weighted by Crippen LogP contribution is -2.06. The zero-order valence-corrected chi connectivity index (χ0v) is 9.51. The van der Waals surface area contributed by atoms with E-state index in [-0.39, 0.29) is 0 Å². The van der Waals surface area contributed by atoms with Crippen LogP contribution in [0.4, 0.5) is 0 Å². The van der Waals surface area contributed by atoms with Crippen LogP contribution in [0.25, 0.3) is 0 Å². The zero-order valence-electron chi connectivity index (χ0n) is 8.62. The fourth-order valence-corrected chi connectivity index (χ4v) is 2.35. The van der Waals surface area contributed by atoms with Gasteiger partial charge in [-0.15, -0.1) is 0 Å². The Balaban J connectivity index is 3.85. The van der Waals surface area contributed by atoms with E-state index in [2.05, 4.69) is 0 Å². The van der Waals surface area contributed by atoms with Gasteiger partial charge in [0, 0.05) is 6.61 Å². The molecule has 0 unspecified atom stereocenters. The van der Waals surface area contributed by atoms with Gasteiger partial charge in [0.1, 0.15) is 0 Å². The van der Waals surface area contributed by atoms with Crippen LogP contribution in [0.5, 0.6) is 0 Å². The number of rotatable bonds is 8. The summed E-state index contributed by atoms with van der Waals surface area (Å²) in [5.74, 6) is 0. The van der Waals surface area contributed by atoms with E-state index in [9.17, 15) is 4.57 Å². The molecule has 80 valence electrons. The van der Waals surface area contributed by atoms with E-state index in [1.165, 1.54) is 0 Å². The van der Waals surface area contributed by atoms with Crippen molar-refractivity contribution in [3.8, 4) is 0 Å². The molecular weight excluding hydrogens is 191 g/mol. The van der Waals surface area contributed by atoms with Gasteiger partial charge in [0.15, 0.2) is 0 Å². The van der Waals surface area contributed by atoms with E-state index in [0.717, 1.165) is 0 Å². The van der Waals surface area contributed by atoms with Gasteiger partial charge in [0.25, 0.3) is 0 Å². The maximum Gasteiger partial charge on any atom is 0.332 e. The van der Waals surface area contributed by atoms with Crippen LogP contribution in [0.2, 0.25) is 0 Å². The molecule has 0 spiro atoms. The molecule has 0 aromatic rings. The largest absolute Gasteiger partial charge is 0.381 e. The average Bonchev–Trinajstić information content (AvgIpc) is 2.05. The van der Waals surface area contributed by atoms with Crippen molar-refractivity contribution in [1.29, 1.82) is 0 Å². The molecular formula is C8H19O4P. The molecule has 0 radical (unpaired) electrons. The van der Waals surface area contributed by atoms with E-state index in [4.69, 9.17) is 13.8 Å². The van der Waals surface area contributed by atoms with Crippen LogP contribution in [0.3, 0.4) is 0 Å². The number of hydrogen-bond donors (Lipinski definition) is 0. The summed E-state index contributed by atoms with van der Waals surface area (Å²) in [4.78, 5) is 0. The second-order valence-electron chi connectivity index (χ2n) is 2.37. The smallest absolute Gasteiger partial charge is 0.332 e. The Kier molecular flexibility index (Phi) is 7.57. The van der Waals surface area contributed by atoms with Gasteiger partial charge in [-0.2, -0.15) is 0 Å². The van der Waals surface area contributed by atoms with Crippen molar-refractivity contribution in [3.05, 3.63) is 0 Å². The molecule has 0 bridgehead atoms. The van der Waals surface area contributed by atoms with E-state index in [1.807, 2.05) is 6.92 Å². The average molecular weight is 210 g/mol. The van der Waals surface area contributed by atoms with Crippen LogP contribution in [0, 0.1) is 0 Å². The van der Waals surface area contributed by atoms with Crippen LogP contribution in [0.1, 0.15) is 20.8 Å². The van der Waals surface area contributed by atoms with Gasteiger partial charge in [0.05, 0.1) is 26.0 Å². The van der Waals surface area contributed by atoms with E-state index < -0.39 is 7.60 Å². The number of ether oxygens (including phenoxy) is 1. The summed E-state index contributed by atoms with van der Waals surface area (Å²) in [5.41, 5.74) is 0. The summed E-state index contributed by atoms with van der Waals surface area (Å²) in [5, 5.41) is 0. The second kappa shape index (κ2) is 7.51. The molecule has 0 aliphatic rings. The lowest BCUT2D eigenvalue weighted by atomic mass is 10.8. The fraction of sp³-hybridized carbons (Fsp3) is 1.00. The minimum absolute atomic E-state index is 0.336. The van der Waals surface area contributed by atoms with Crippen molar-refractivity contribution in [1.82, 2.24) is 0 Å². The second-order valence-corrected chi connectivity index (χ2v) is 4.55. The Hall–Kier alpha value is 0.110. The molecule has 0 aromatic carbocycles. The minimum Gasteiger partial charge on any atom is -0.381 e. The first-order valence-electron chi connectivity index (χ1n) is 4.64. The van der Waals surface area contributed by atoms with Gasteiger partial charge in [-0.05, 0) is 20.8 Å². The normalized spacial score (nSPS) is 11.9. The summed E-state index contributed by atoms with van der Waals surface area (Å²) in [6.07, 6.45) is 0.336. The van der Waals surface area contributed by atoms with Crippen molar-refractivity contribution < 1.29 is 18.3 Å². The van der Waals surface area contributed by atoms with Crippen LogP contribution in [-0.4, -0.2) is 32.6 Å². The highest BCUT2D eigenvalue weighted by atomic mass is 31.2. The zero-order chi connectivity index (χ0) is 10.2. The molecule has 0 heterocycles. The molecule has 0 fully saturated rings. The molecule has 0 aliphatic carbocycles. The first-order valence-corrected chi connectivity index (χ1v) is 6.37. The fourth-order valence-electron chi connectivity index (χ4n) is 0.880. The first-order chi connectivity index (χ1) is 6.18. The minimum atomic E-state index is -2.87. The summed E-state index contributed by atoms with van der Waals surface area (Å²) >= 11 is 0. The molecule has 0 atom stereocenters. The van der Waals surface area contributed by atoms with Gasteiger partial charge in [-0.1, -0.05) is 0 Å². The van der Waals surface area contributed by atoms with Crippen LogP contribution < -0.4 is 0 Å².